The second-order valence-corrected chi connectivity index (χ2v) is 11.4. The van der Waals surface area contributed by atoms with Gasteiger partial charge in [0.25, 0.3) is 0 Å². The van der Waals surface area contributed by atoms with Gasteiger partial charge in [-0.2, -0.15) is 0 Å². The van der Waals surface area contributed by atoms with E-state index in [-0.39, 0.29) is 38.0 Å². The third-order valence-corrected chi connectivity index (χ3v) is 7.97. The number of amides is 1. The Morgan fingerprint density at radius 3 is 2.00 bits per heavy atom. The van der Waals surface area contributed by atoms with Crippen LogP contribution in [-0.4, -0.2) is 35.3 Å². The average molecular weight is 580 g/mol. The summed E-state index contributed by atoms with van der Waals surface area (Å²) in [4.78, 5) is 35.7. The molecule has 0 spiro atoms. The predicted molar refractivity (Wildman–Crippen MR) is 141 cm³/mol. The Hall–Kier alpha value is -3.82. The number of hydrogen-bond donors (Lipinski definition) is 2. The van der Waals surface area contributed by atoms with Crippen LogP contribution in [0.5, 0.6) is 5.75 Å². The quantitative estimate of drug-likeness (QED) is 0.184. The van der Waals surface area contributed by atoms with Crippen molar-refractivity contribution in [2.45, 2.75) is 44.6 Å². The number of rotatable bonds is 13. The number of nitrogens with one attached hydrogen (secondary N) is 1. The number of halogens is 3. The van der Waals surface area contributed by atoms with E-state index in [0.717, 1.165) is 11.6 Å². The normalized spacial score (nSPS) is 13.5. The van der Waals surface area contributed by atoms with Gasteiger partial charge in [0.15, 0.2) is 0 Å². The summed E-state index contributed by atoms with van der Waals surface area (Å²) in [5.74, 6) is -2.57. The Bertz CT molecular complexity index is 1290. The molecule has 0 saturated carbocycles. The number of alkyl carbamates (subject to hydrolysis) is 1. The molecule has 12 heteroatoms. The van der Waals surface area contributed by atoms with Crippen LogP contribution in [0, 0.1) is 0 Å². The van der Waals surface area contributed by atoms with Gasteiger partial charge in [-0.15, -0.1) is 13.2 Å². The predicted octanol–water partition coefficient (Wildman–Crippen LogP) is 6.17. The molecule has 0 aliphatic heterocycles. The van der Waals surface area contributed by atoms with Gasteiger partial charge in [0.05, 0.1) is 0 Å². The Morgan fingerprint density at radius 1 is 0.850 bits per heavy atom. The van der Waals surface area contributed by atoms with Crippen LogP contribution in [0.3, 0.4) is 0 Å². The maximum absolute atomic E-state index is 13.4. The van der Waals surface area contributed by atoms with Crippen LogP contribution in [-0.2, 0) is 38.5 Å². The minimum absolute atomic E-state index is 0.00363. The van der Waals surface area contributed by atoms with Crippen LogP contribution in [0.25, 0.3) is 0 Å². The topological polar surface area (TPSA) is 111 Å². The van der Waals surface area contributed by atoms with Gasteiger partial charge >= 0.3 is 18.4 Å². The Labute approximate surface area is 229 Å². The summed E-state index contributed by atoms with van der Waals surface area (Å²) >= 11 is 0. The number of alkyl halides is 3. The molecule has 0 aliphatic carbocycles. The summed E-state index contributed by atoms with van der Waals surface area (Å²) in [7, 11) is -4.28. The van der Waals surface area contributed by atoms with E-state index >= 15 is 0 Å². The van der Waals surface area contributed by atoms with Gasteiger partial charge in [-0.25, -0.2) is 4.79 Å². The van der Waals surface area contributed by atoms with Gasteiger partial charge in [-0.1, -0.05) is 78.9 Å². The minimum Gasteiger partial charge on any atom is -0.461 e. The minimum atomic E-state index is -4.94. The zero-order chi connectivity index (χ0) is 29.0. The third-order valence-electron chi connectivity index (χ3n) is 5.75. The number of carbonyl (C=O) groups is 2. The Balaban J connectivity index is 1.66. The van der Waals surface area contributed by atoms with E-state index in [2.05, 4.69) is 10.1 Å². The molecule has 8 nitrogen and oxygen atoms in total. The lowest BCUT2D eigenvalue weighted by Crippen LogP contribution is -2.36. The molecule has 1 amide bonds. The highest BCUT2D eigenvalue weighted by molar-refractivity contribution is 7.58. The van der Waals surface area contributed by atoms with Gasteiger partial charge in [0.1, 0.15) is 24.7 Å². The largest absolute Gasteiger partial charge is 0.573 e. The SMILES string of the molecule is O=C(CCC(NC(=O)OCc1ccccc1)P(=O)(O)CCc1ccccc1OC(F)(F)F)OCc1ccccc1. The summed E-state index contributed by atoms with van der Waals surface area (Å²) in [5, 5.41) is 2.35. The smallest absolute Gasteiger partial charge is 0.461 e. The third kappa shape index (κ3) is 10.7. The van der Waals surface area contributed by atoms with Crippen LogP contribution in [0.2, 0.25) is 0 Å². The molecule has 0 radical (unpaired) electrons. The van der Waals surface area contributed by atoms with Crippen molar-refractivity contribution in [3.8, 4) is 5.75 Å². The highest BCUT2D eigenvalue weighted by atomic mass is 31.2. The zero-order valence-electron chi connectivity index (χ0n) is 21.4. The van der Waals surface area contributed by atoms with E-state index < -0.39 is 43.5 Å². The molecule has 0 aliphatic rings. The van der Waals surface area contributed by atoms with Crippen molar-refractivity contribution < 1.29 is 46.4 Å². The summed E-state index contributed by atoms with van der Waals surface area (Å²) in [5.41, 5.74) is 1.50. The molecule has 214 valence electrons. The first-order chi connectivity index (χ1) is 19.0. The number of carbonyl (C=O) groups excluding carboxylic acids is 2. The van der Waals surface area contributed by atoms with E-state index in [0.29, 0.717) is 5.56 Å². The first-order valence-electron chi connectivity index (χ1n) is 12.3. The number of benzene rings is 3. The summed E-state index contributed by atoms with van der Waals surface area (Å²) < 4.78 is 66.1. The van der Waals surface area contributed by atoms with E-state index in [4.69, 9.17) is 9.47 Å². The molecule has 2 N–H and O–H groups in total. The Kier molecular flexibility index (Phi) is 11.2. The second-order valence-electron chi connectivity index (χ2n) is 8.79. The summed E-state index contributed by atoms with van der Waals surface area (Å²) in [6.07, 6.45) is -7.23. The van der Waals surface area contributed by atoms with Crippen molar-refractivity contribution >= 4 is 19.4 Å². The molecule has 0 saturated heterocycles. The molecule has 2 atom stereocenters. The summed E-state index contributed by atoms with van der Waals surface area (Å²) in [6.45, 7) is -0.0972. The molecular formula is C28H29F3NO7P. The molecule has 3 aromatic rings. The maximum Gasteiger partial charge on any atom is 0.573 e. The van der Waals surface area contributed by atoms with Crippen LogP contribution in [0.15, 0.2) is 84.9 Å². The van der Waals surface area contributed by atoms with Crippen molar-refractivity contribution in [3.63, 3.8) is 0 Å². The fourth-order valence-corrected chi connectivity index (χ4v) is 5.42. The van der Waals surface area contributed by atoms with Crippen molar-refractivity contribution in [3.05, 3.63) is 102 Å². The zero-order valence-corrected chi connectivity index (χ0v) is 22.3. The lowest BCUT2D eigenvalue weighted by Gasteiger charge is -2.24. The van der Waals surface area contributed by atoms with Gasteiger partial charge in [-0.05, 0) is 35.6 Å². The van der Waals surface area contributed by atoms with Crippen LogP contribution >= 0.6 is 7.37 Å². The molecule has 2 unspecified atom stereocenters. The molecule has 0 heterocycles. The fraction of sp³-hybridized carbons (Fsp3) is 0.286. The number of para-hydroxylation sites is 1. The molecule has 40 heavy (non-hydrogen) atoms. The van der Waals surface area contributed by atoms with E-state index in [1.165, 1.54) is 18.2 Å². The Morgan fingerprint density at radius 2 is 1.40 bits per heavy atom. The number of aryl methyl sites for hydroxylation is 1. The van der Waals surface area contributed by atoms with E-state index in [1.54, 1.807) is 54.6 Å². The molecule has 0 bridgehead atoms. The molecule has 3 aromatic carbocycles. The molecule has 0 aromatic heterocycles. The number of hydrogen-bond acceptors (Lipinski definition) is 6. The standard InChI is InChI=1S/C28H29F3NO7P/c29-28(30,31)39-24-14-8-7-13-23(24)17-18-40(35,36)25(32-27(34)38-20-22-11-5-2-6-12-22)15-16-26(33)37-19-21-9-3-1-4-10-21/h1-14,25H,15-20H2,(H,32,34)(H,35,36). The van der Waals surface area contributed by atoms with Crippen LogP contribution in [0.1, 0.15) is 29.5 Å². The maximum atomic E-state index is 13.4. The molecule has 0 fully saturated rings. The van der Waals surface area contributed by atoms with Crippen LogP contribution < -0.4 is 10.1 Å². The van der Waals surface area contributed by atoms with E-state index in [9.17, 15) is 32.2 Å². The van der Waals surface area contributed by atoms with Gasteiger partial charge in [-0.3, -0.25) is 9.36 Å². The van der Waals surface area contributed by atoms with Crippen molar-refractivity contribution in [1.29, 1.82) is 0 Å². The monoisotopic (exact) mass is 579 g/mol. The van der Waals surface area contributed by atoms with Crippen molar-refractivity contribution in [2.24, 2.45) is 0 Å². The number of ether oxygens (including phenoxy) is 3. The highest BCUT2D eigenvalue weighted by Crippen LogP contribution is 2.48. The first-order valence-corrected chi connectivity index (χ1v) is 14.2. The lowest BCUT2D eigenvalue weighted by molar-refractivity contribution is -0.274. The van der Waals surface area contributed by atoms with Crippen molar-refractivity contribution in [1.82, 2.24) is 5.32 Å². The van der Waals surface area contributed by atoms with Gasteiger partial charge < -0.3 is 24.4 Å². The summed E-state index contributed by atoms with van der Waals surface area (Å²) in [6, 6.07) is 22.9. The number of esters is 1. The lowest BCUT2D eigenvalue weighted by atomic mass is 10.1. The van der Waals surface area contributed by atoms with Gasteiger partial charge in [0.2, 0.25) is 7.37 Å². The van der Waals surface area contributed by atoms with Crippen molar-refractivity contribution in [2.75, 3.05) is 6.16 Å². The molecular weight excluding hydrogens is 550 g/mol. The molecule has 3 rings (SSSR count). The van der Waals surface area contributed by atoms with Gasteiger partial charge in [0, 0.05) is 12.6 Å². The highest BCUT2D eigenvalue weighted by Gasteiger charge is 2.35. The first kappa shape index (κ1) is 30.7. The fourth-order valence-electron chi connectivity index (χ4n) is 3.71. The second kappa shape index (κ2) is 14.5. The average Bonchev–Trinajstić information content (AvgIpc) is 2.92. The van der Waals surface area contributed by atoms with Crippen LogP contribution in [0.4, 0.5) is 18.0 Å². The van der Waals surface area contributed by atoms with E-state index in [1.807, 2.05) is 6.07 Å².